The molecule has 0 atom stereocenters. The highest BCUT2D eigenvalue weighted by Gasteiger charge is 2.00. The maximum absolute atomic E-state index is 13.0. The number of carbonyl (C=O) groups is 1. The summed E-state index contributed by atoms with van der Waals surface area (Å²) in [6.07, 6.45) is 1.95. The van der Waals surface area contributed by atoms with Gasteiger partial charge in [-0.1, -0.05) is 0 Å². The largest absolute Gasteiger partial charge is 0.289 e. The van der Waals surface area contributed by atoms with Gasteiger partial charge >= 0.3 is 0 Å². The normalized spacial score (nSPS) is 10.4. The van der Waals surface area contributed by atoms with E-state index in [1.807, 2.05) is 0 Å². The molecule has 0 aliphatic heterocycles. The Morgan fingerprint density at radius 2 is 1.94 bits per heavy atom. The Kier molecular flexibility index (Phi) is 4.07. The van der Waals surface area contributed by atoms with Crippen LogP contribution >= 0.6 is 0 Å². The summed E-state index contributed by atoms with van der Waals surface area (Å²) in [6.45, 7) is 0. The quantitative estimate of drug-likeness (QED) is 0.593. The van der Waals surface area contributed by atoms with Crippen molar-refractivity contribution >= 4 is 27.5 Å². The third-order valence-electron chi connectivity index (χ3n) is 1.60. The Morgan fingerprint density at radius 1 is 1.25 bits per heavy atom. The van der Waals surface area contributed by atoms with Gasteiger partial charge < -0.3 is 0 Å². The van der Waals surface area contributed by atoms with E-state index in [-0.39, 0.29) is 5.56 Å². The molecule has 0 radical (unpaired) electrons. The lowest BCUT2D eigenvalue weighted by Gasteiger charge is -1.95. The third kappa shape index (κ3) is 3.74. The topological polar surface area (TPSA) is 51.2 Å². The van der Waals surface area contributed by atoms with Gasteiger partial charge in [0.2, 0.25) is 10.3 Å². The van der Waals surface area contributed by atoms with Crippen molar-refractivity contribution in [3.63, 3.8) is 0 Å². The number of carbonyl (C=O) groups excluding carboxylic acids is 1. The number of halogens is 2. The zero-order chi connectivity index (χ0) is 12.1. The number of allylic oxidation sites excluding steroid dienone is 1. The van der Waals surface area contributed by atoms with Crippen molar-refractivity contribution in [3.05, 3.63) is 41.5 Å². The molecule has 0 saturated heterocycles. The van der Waals surface area contributed by atoms with Crippen molar-refractivity contribution in [2.45, 2.75) is 0 Å². The van der Waals surface area contributed by atoms with E-state index in [0.717, 1.165) is 24.3 Å². The first-order valence-electron chi connectivity index (χ1n) is 4.09. The first kappa shape index (κ1) is 12.3. The summed E-state index contributed by atoms with van der Waals surface area (Å²) in [5.41, 5.74) is -0.000156. The Bertz CT molecular complexity index is 566. The van der Waals surface area contributed by atoms with Gasteiger partial charge in [0, 0.05) is 11.6 Å². The Hall–Kier alpha value is -1.82. The van der Waals surface area contributed by atoms with Gasteiger partial charge in [0.25, 0.3) is 0 Å². The summed E-state index contributed by atoms with van der Waals surface area (Å²) < 4.78 is 45.7. The number of ketones is 1. The highest BCUT2D eigenvalue weighted by molar-refractivity contribution is 7.73. The molecule has 6 heteroatoms. The zero-order valence-electron chi connectivity index (χ0n) is 7.85. The Balaban J connectivity index is 2.93. The van der Waals surface area contributed by atoms with Gasteiger partial charge in [-0.3, -0.25) is 4.79 Å². The number of rotatable bonds is 3. The van der Waals surface area contributed by atoms with E-state index in [2.05, 4.69) is 0 Å². The van der Waals surface area contributed by atoms with Gasteiger partial charge in [0.15, 0.2) is 5.78 Å². The van der Waals surface area contributed by atoms with Crippen LogP contribution in [0.25, 0.3) is 6.08 Å². The molecule has 0 aliphatic rings. The van der Waals surface area contributed by atoms with Crippen LogP contribution in [0.15, 0.2) is 24.3 Å². The lowest BCUT2D eigenvalue weighted by molar-refractivity contribution is -0.108. The van der Waals surface area contributed by atoms with Crippen LogP contribution in [0, 0.1) is 11.6 Å². The predicted molar refractivity (Wildman–Crippen MR) is 55.4 cm³/mol. The van der Waals surface area contributed by atoms with Gasteiger partial charge in [0.1, 0.15) is 17.0 Å². The van der Waals surface area contributed by atoms with Gasteiger partial charge in [0.05, 0.1) is 0 Å². The highest BCUT2D eigenvalue weighted by Crippen LogP contribution is 2.10. The van der Waals surface area contributed by atoms with Crippen molar-refractivity contribution in [1.82, 2.24) is 0 Å². The maximum Gasteiger partial charge on any atom is 0.218 e. The summed E-state index contributed by atoms with van der Waals surface area (Å²) in [7, 11) is -2.59. The summed E-state index contributed by atoms with van der Waals surface area (Å²) in [5, 5.41) is 0.442. The molecular formula is C10H6F2O3S. The van der Waals surface area contributed by atoms with E-state index in [9.17, 15) is 22.0 Å². The molecule has 0 aromatic heterocycles. The fourth-order valence-electron chi connectivity index (χ4n) is 0.943. The molecule has 0 saturated carbocycles. The van der Waals surface area contributed by atoms with Crippen LogP contribution in [0.4, 0.5) is 8.78 Å². The monoisotopic (exact) mass is 244 g/mol. The Labute approximate surface area is 91.6 Å². The average Bonchev–Trinajstić information content (AvgIpc) is 2.15. The molecule has 0 bridgehead atoms. The molecule has 0 unspecified atom stereocenters. The van der Waals surface area contributed by atoms with Crippen molar-refractivity contribution in [3.8, 4) is 0 Å². The number of hydrogen-bond acceptors (Lipinski definition) is 3. The van der Waals surface area contributed by atoms with Crippen molar-refractivity contribution in [2.75, 3.05) is 0 Å². The minimum Gasteiger partial charge on any atom is -0.289 e. The van der Waals surface area contributed by atoms with Gasteiger partial charge in [-0.2, -0.15) is 8.42 Å². The van der Waals surface area contributed by atoms with Crippen LogP contribution in [0.1, 0.15) is 5.56 Å². The third-order valence-corrected chi connectivity index (χ3v) is 2.03. The molecule has 1 aromatic carbocycles. The van der Waals surface area contributed by atoms with Gasteiger partial charge in [-0.05, 0) is 24.3 Å². The van der Waals surface area contributed by atoms with Crippen LogP contribution < -0.4 is 0 Å². The van der Waals surface area contributed by atoms with Crippen LogP contribution in [0.2, 0.25) is 0 Å². The minimum atomic E-state index is -2.59. The van der Waals surface area contributed by atoms with Crippen molar-refractivity contribution in [2.24, 2.45) is 0 Å². The second-order valence-electron chi connectivity index (χ2n) is 2.78. The van der Waals surface area contributed by atoms with Gasteiger partial charge in [-0.15, -0.1) is 0 Å². The lowest BCUT2D eigenvalue weighted by atomic mass is 10.2. The van der Waals surface area contributed by atoms with Crippen LogP contribution in [-0.2, 0) is 15.1 Å². The summed E-state index contributed by atoms with van der Waals surface area (Å²) in [5.74, 6) is -2.35. The molecule has 1 aromatic rings. The second kappa shape index (κ2) is 5.32. The maximum atomic E-state index is 13.0. The summed E-state index contributed by atoms with van der Waals surface area (Å²) >= 11 is 0. The van der Waals surface area contributed by atoms with Crippen LogP contribution in [0.5, 0.6) is 0 Å². The molecule has 0 spiro atoms. The SMILES string of the molecule is O=C(C=Cc1ccc(F)cc1F)C=S(=O)=O. The van der Waals surface area contributed by atoms with Crippen LogP contribution in [0.3, 0.4) is 0 Å². The summed E-state index contributed by atoms with van der Waals surface area (Å²) in [6, 6.07) is 2.84. The summed E-state index contributed by atoms with van der Waals surface area (Å²) in [4.78, 5) is 10.9. The van der Waals surface area contributed by atoms with E-state index in [0.29, 0.717) is 11.4 Å². The standard InChI is InChI=1S/C10H6F2O3S/c11-8-3-1-7(10(12)5-8)2-4-9(13)6-16(14)15/h1-6H. The number of benzene rings is 1. The molecule has 0 fully saturated rings. The second-order valence-corrected chi connectivity index (χ2v) is 3.54. The molecule has 3 nitrogen and oxygen atoms in total. The van der Waals surface area contributed by atoms with Crippen molar-refractivity contribution < 1.29 is 22.0 Å². The molecule has 1 rings (SSSR count). The predicted octanol–water partition coefficient (Wildman–Crippen LogP) is 1.23. The smallest absolute Gasteiger partial charge is 0.218 e. The molecule has 0 N–H and O–H groups in total. The van der Waals surface area contributed by atoms with Crippen molar-refractivity contribution in [1.29, 1.82) is 0 Å². The fourth-order valence-corrected chi connectivity index (χ4v) is 1.21. The molecule has 84 valence electrons. The van der Waals surface area contributed by atoms with E-state index in [4.69, 9.17) is 0 Å². The van der Waals surface area contributed by atoms with E-state index in [1.165, 1.54) is 0 Å². The molecule has 0 aliphatic carbocycles. The highest BCUT2D eigenvalue weighted by atomic mass is 32.2. The Morgan fingerprint density at radius 3 is 2.50 bits per heavy atom. The molecule has 0 heterocycles. The number of hydrogen-bond donors (Lipinski definition) is 0. The fraction of sp³-hybridized carbons (Fsp3) is 0. The van der Waals surface area contributed by atoms with E-state index in [1.54, 1.807) is 0 Å². The first-order valence-corrected chi connectivity index (χ1v) is 5.23. The first-order chi connectivity index (χ1) is 7.49. The average molecular weight is 244 g/mol. The van der Waals surface area contributed by atoms with Gasteiger partial charge in [-0.25, -0.2) is 8.78 Å². The van der Waals surface area contributed by atoms with E-state index < -0.39 is 27.7 Å². The molecule has 0 amide bonds. The lowest BCUT2D eigenvalue weighted by Crippen LogP contribution is -1.94. The van der Waals surface area contributed by atoms with Crippen LogP contribution in [-0.4, -0.2) is 19.6 Å². The molecule has 16 heavy (non-hydrogen) atoms. The minimum absolute atomic E-state index is 0.000156. The zero-order valence-corrected chi connectivity index (χ0v) is 8.67. The van der Waals surface area contributed by atoms with E-state index >= 15 is 0 Å². The molecular weight excluding hydrogens is 238 g/mol.